The predicted molar refractivity (Wildman–Crippen MR) is 91.0 cm³/mol. The summed E-state index contributed by atoms with van der Waals surface area (Å²) in [5.74, 6) is 2.28. The third kappa shape index (κ3) is 1.81. The number of benzene rings is 1. The van der Waals surface area contributed by atoms with E-state index in [1.165, 1.54) is 37.7 Å². The van der Waals surface area contributed by atoms with Gasteiger partial charge in [0.15, 0.2) is 0 Å². The SMILES string of the molecule is CC[C@@]1(O)CC[C@H]2[C@H]3CCc4cc(C)ccc4[C@@H]3CC[C@@]21C. The lowest BCUT2D eigenvalue weighted by Gasteiger charge is -2.53. The van der Waals surface area contributed by atoms with E-state index in [1.54, 1.807) is 11.1 Å². The van der Waals surface area contributed by atoms with Gasteiger partial charge in [0.1, 0.15) is 0 Å². The maximum absolute atomic E-state index is 11.2. The molecule has 5 atom stereocenters. The van der Waals surface area contributed by atoms with Crippen molar-refractivity contribution in [1.29, 1.82) is 0 Å². The fraction of sp³-hybridized carbons (Fsp3) is 0.714. The third-order valence-corrected chi connectivity index (χ3v) is 7.79. The van der Waals surface area contributed by atoms with Crippen molar-refractivity contribution < 1.29 is 5.11 Å². The molecule has 0 heterocycles. The molecule has 0 aromatic heterocycles. The van der Waals surface area contributed by atoms with Crippen LogP contribution in [-0.2, 0) is 6.42 Å². The van der Waals surface area contributed by atoms with E-state index in [0.717, 1.165) is 30.6 Å². The zero-order valence-corrected chi connectivity index (χ0v) is 14.4. The summed E-state index contributed by atoms with van der Waals surface area (Å²) in [5, 5.41) is 11.2. The van der Waals surface area contributed by atoms with Crippen molar-refractivity contribution in [2.45, 2.75) is 77.2 Å². The molecule has 0 spiro atoms. The lowest BCUT2D eigenvalue weighted by Crippen LogP contribution is -2.50. The van der Waals surface area contributed by atoms with Gasteiger partial charge in [-0.1, -0.05) is 37.6 Å². The number of aliphatic hydroxyl groups is 1. The minimum absolute atomic E-state index is 0.158. The summed E-state index contributed by atoms with van der Waals surface area (Å²) in [6.45, 7) is 6.79. The molecule has 1 heteroatoms. The van der Waals surface area contributed by atoms with Gasteiger partial charge in [-0.15, -0.1) is 0 Å². The average Bonchev–Trinajstić information content (AvgIpc) is 2.79. The van der Waals surface area contributed by atoms with Crippen LogP contribution < -0.4 is 0 Å². The summed E-state index contributed by atoms with van der Waals surface area (Å²) in [5.41, 5.74) is 4.39. The molecule has 0 bridgehead atoms. The van der Waals surface area contributed by atoms with Gasteiger partial charge in [-0.3, -0.25) is 0 Å². The zero-order valence-electron chi connectivity index (χ0n) is 14.4. The van der Waals surface area contributed by atoms with Gasteiger partial charge in [0.2, 0.25) is 0 Å². The first-order valence-corrected chi connectivity index (χ1v) is 9.30. The monoisotopic (exact) mass is 298 g/mol. The van der Waals surface area contributed by atoms with Gasteiger partial charge in [-0.25, -0.2) is 0 Å². The summed E-state index contributed by atoms with van der Waals surface area (Å²) in [7, 11) is 0. The molecule has 2 saturated carbocycles. The number of fused-ring (bicyclic) bond motifs is 5. The molecule has 1 N–H and O–H groups in total. The first-order chi connectivity index (χ1) is 10.5. The van der Waals surface area contributed by atoms with E-state index in [9.17, 15) is 5.11 Å². The Morgan fingerprint density at radius 3 is 2.77 bits per heavy atom. The van der Waals surface area contributed by atoms with E-state index in [2.05, 4.69) is 39.0 Å². The smallest absolute Gasteiger partial charge is 0.0701 e. The molecular formula is C21H30O. The fourth-order valence-electron chi connectivity index (χ4n) is 6.40. The quantitative estimate of drug-likeness (QED) is 0.774. The minimum atomic E-state index is -0.407. The average molecular weight is 298 g/mol. The lowest BCUT2D eigenvalue weighted by atomic mass is 9.53. The second-order valence-electron chi connectivity index (χ2n) is 8.50. The van der Waals surface area contributed by atoms with E-state index in [-0.39, 0.29) is 5.41 Å². The van der Waals surface area contributed by atoms with Gasteiger partial charge in [0.05, 0.1) is 5.60 Å². The van der Waals surface area contributed by atoms with Crippen molar-refractivity contribution in [2.75, 3.05) is 0 Å². The van der Waals surface area contributed by atoms with Crippen LogP contribution in [0.25, 0.3) is 0 Å². The highest BCUT2D eigenvalue weighted by Gasteiger charge is 2.60. The second-order valence-corrected chi connectivity index (χ2v) is 8.50. The van der Waals surface area contributed by atoms with Crippen molar-refractivity contribution in [3.05, 3.63) is 34.9 Å². The van der Waals surface area contributed by atoms with Crippen LogP contribution in [-0.4, -0.2) is 10.7 Å². The second kappa shape index (κ2) is 4.84. The maximum atomic E-state index is 11.2. The van der Waals surface area contributed by atoms with Gasteiger partial charge in [0, 0.05) is 0 Å². The molecule has 1 aromatic rings. The van der Waals surface area contributed by atoms with Gasteiger partial charge < -0.3 is 5.11 Å². The Balaban J connectivity index is 1.70. The number of hydrogen-bond acceptors (Lipinski definition) is 1. The van der Waals surface area contributed by atoms with Crippen LogP contribution in [0.15, 0.2) is 18.2 Å². The van der Waals surface area contributed by atoms with Gasteiger partial charge in [-0.2, -0.15) is 0 Å². The third-order valence-electron chi connectivity index (χ3n) is 7.79. The molecule has 0 unspecified atom stereocenters. The normalized spacial score (nSPS) is 43.4. The van der Waals surface area contributed by atoms with Crippen molar-refractivity contribution in [3.63, 3.8) is 0 Å². The molecule has 3 aliphatic rings. The Kier molecular flexibility index (Phi) is 3.24. The van der Waals surface area contributed by atoms with E-state index in [0.29, 0.717) is 0 Å². The van der Waals surface area contributed by atoms with Gasteiger partial charge >= 0.3 is 0 Å². The van der Waals surface area contributed by atoms with Crippen LogP contribution >= 0.6 is 0 Å². The molecule has 3 aliphatic carbocycles. The van der Waals surface area contributed by atoms with Crippen LogP contribution in [0.2, 0.25) is 0 Å². The standard InChI is InChI=1S/C21H30O/c1-4-21(22)12-10-19-18-8-6-15-13-14(2)5-7-16(15)17(18)9-11-20(19,21)3/h5,7,13,17-19,22H,4,6,8-12H2,1-3H3/t17-,18-,19-,20-,21+/m0/s1. The van der Waals surface area contributed by atoms with Crippen molar-refractivity contribution in [2.24, 2.45) is 17.3 Å². The molecule has 2 fully saturated rings. The van der Waals surface area contributed by atoms with Crippen LogP contribution in [0, 0.1) is 24.2 Å². The molecule has 0 aliphatic heterocycles. The summed E-state index contributed by atoms with van der Waals surface area (Å²) >= 11 is 0. The molecular weight excluding hydrogens is 268 g/mol. The van der Waals surface area contributed by atoms with Crippen LogP contribution in [0.5, 0.6) is 0 Å². The van der Waals surface area contributed by atoms with Crippen LogP contribution in [0.4, 0.5) is 0 Å². The van der Waals surface area contributed by atoms with Crippen LogP contribution in [0.3, 0.4) is 0 Å². The Morgan fingerprint density at radius 2 is 2.00 bits per heavy atom. The Bertz CT molecular complexity index is 592. The molecule has 0 saturated heterocycles. The number of hydrogen-bond donors (Lipinski definition) is 1. The minimum Gasteiger partial charge on any atom is -0.389 e. The molecule has 0 amide bonds. The summed E-state index contributed by atoms with van der Waals surface area (Å²) in [6, 6.07) is 7.12. The number of rotatable bonds is 1. The first-order valence-electron chi connectivity index (χ1n) is 9.30. The maximum Gasteiger partial charge on any atom is 0.0701 e. The highest BCUT2D eigenvalue weighted by atomic mass is 16.3. The highest BCUT2D eigenvalue weighted by Crippen LogP contribution is 2.64. The van der Waals surface area contributed by atoms with Gasteiger partial charge in [-0.05, 0) is 86.2 Å². The van der Waals surface area contributed by atoms with Gasteiger partial charge in [0.25, 0.3) is 0 Å². The largest absolute Gasteiger partial charge is 0.389 e. The summed E-state index contributed by atoms with van der Waals surface area (Å²) in [6.07, 6.45) is 8.24. The summed E-state index contributed by atoms with van der Waals surface area (Å²) < 4.78 is 0. The van der Waals surface area contributed by atoms with E-state index >= 15 is 0 Å². The van der Waals surface area contributed by atoms with Crippen molar-refractivity contribution in [3.8, 4) is 0 Å². The Labute approximate surface area is 135 Å². The predicted octanol–water partition coefficient (Wildman–Crippen LogP) is 4.99. The first kappa shape index (κ1) is 14.8. The number of aryl methyl sites for hydroxylation is 2. The topological polar surface area (TPSA) is 20.2 Å². The zero-order chi connectivity index (χ0) is 15.5. The van der Waals surface area contributed by atoms with Crippen molar-refractivity contribution in [1.82, 2.24) is 0 Å². The highest BCUT2D eigenvalue weighted by molar-refractivity contribution is 5.38. The summed E-state index contributed by atoms with van der Waals surface area (Å²) in [4.78, 5) is 0. The van der Waals surface area contributed by atoms with E-state index in [4.69, 9.17) is 0 Å². The van der Waals surface area contributed by atoms with Crippen LogP contribution in [0.1, 0.15) is 75.0 Å². The van der Waals surface area contributed by atoms with E-state index < -0.39 is 5.60 Å². The molecule has 1 nitrogen and oxygen atoms in total. The Hall–Kier alpha value is -0.820. The molecule has 120 valence electrons. The Morgan fingerprint density at radius 1 is 1.18 bits per heavy atom. The van der Waals surface area contributed by atoms with Crippen molar-refractivity contribution >= 4 is 0 Å². The fourth-order valence-corrected chi connectivity index (χ4v) is 6.40. The molecule has 0 radical (unpaired) electrons. The molecule has 1 aromatic carbocycles. The molecule has 22 heavy (non-hydrogen) atoms. The van der Waals surface area contributed by atoms with E-state index in [1.807, 2.05) is 0 Å². The molecule has 4 rings (SSSR count). The lowest BCUT2D eigenvalue weighted by molar-refractivity contribution is -0.104.